The highest BCUT2D eigenvalue weighted by atomic mass is 35.5. The normalized spacial score (nSPS) is 11.9. The Morgan fingerprint density at radius 1 is 1.25 bits per heavy atom. The molecule has 0 saturated carbocycles. The maximum Gasteiger partial charge on any atom is 0.228 e. The molecule has 4 heteroatoms. The van der Waals surface area contributed by atoms with Gasteiger partial charge in [-0.1, -0.05) is 35.9 Å². The van der Waals surface area contributed by atoms with Crippen molar-refractivity contribution in [2.45, 2.75) is 19.4 Å². The second-order valence-corrected chi connectivity index (χ2v) is 5.09. The number of halogens is 1. The molecule has 3 nitrogen and oxygen atoms in total. The van der Waals surface area contributed by atoms with Gasteiger partial charge >= 0.3 is 0 Å². The van der Waals surface area contributed by atoms with Crippen LogP contribution in [0.1, 0.15) is 24.2 Å². The van der Waals surface area contributed by atoms with Crippen LogP contribution in [-0.2, 0) is 11.2 Å². The lowest BCUT2D eigenvalue weighted by atomic mass is 10.1. The quantitative estimate of drug-likeness (QED) is 0.904. The first-order valence-electron chi connectivity index (χ1n) is 6.37. The molecule has 2 aromatic rings. The van der Waals surface area contributed by atoms with Crippen molar-refractivity contribution in [2.75, 3.05) is 5.32 Å². The summed E-state index contributed by atoms with van der Waals surface area (Å²) in [5.41, 5.74) is 2.36. The monoisotopic (exact) mass is 289 g/mol. The maximum atomic E-state index is 11.9. The predicted molar refractivity (Wildman–Crippen MR) is 80.9 cm³/mol. The first kappa shape index (κ1) is 14.6. The lowest BCUT2D eigenvalue weighted by Crippen LogP contribution is -2.14. The third kappa shape index (κ3) is 4.08. The van der Waals surface area contributed by atoms with Crippen molar-refractivity contribution < 1.29 is 9.90 Å². The summed E-state index contributed by atoms with van der Waals surface area (Å²) in [5, 5.41) is 13.0. The van der Waals surface area contributed by atoms with Crippen LogP contribution in [0.25, 0.3) is 0 Å². The Labute approximate surface area is 123 Å². The number of aliphatic hydroxyl groups excluding tert-OH is 1. The summed E-state index contributed by atoms with van der Waals surface area (Å²) >= 11 is 5.80. The van der Waals surface area contributed by atoms with Crippen molar-refractivity contribution in [3.63, 3.8) is 0 Å². The van der Waals surface area contributed by atoms with Gasteiger partial charge in [-0.05, 0) is 42.3 Å². The molecule has 2 N–H and O–H groups in total. The fourth-order valence-corrected chi connectivity index (χ4v) is 2.00. The molecule has 0 radical (unpaired) electrons. The van der Waals surface area contributed by atoms with Gasteiger partial charge in [-0.15, -0.1) is 0 Å². The molecule has 1 unspecified atom stereocenters. The Balaban J connectivity index is 2.01. The first-order valence-corrected chi connectivity index (χ1v) is 6.75. The molecular formula is C16H16ClNO2. The Morgan fingerprint density at radius 3 is 2.60 bits per heavy atom. The summed E-state index contributed by atoms with van der Waals surface area (Å²) in [5.74, 6) is -0.102. The Morgan fingerprint density at radius 2 is 1.95 bits per heavy atom. The van der Waals surface area contributed by atoms with Crippen molar-refractivity contribution in [3.05, 3.63) is 64.7 Å². The van der Waals surface area contributed by atoms with E-state index in [1.54, 1.807) is 37.3 Å². The van der Waals surface area contributed by atoms with E-state index in [9.17, 15) is 9.90 Å². The second kappa shape index (κ2) is 6.55. The largest absolute Gasteiger partial charge is 0.389 e. The first-order chi connectivity index (χ1) is 9.54. The topological polar surface area (TPSA) is 49.3 Å². The molecule has 0 aromatic heterocycles. The lowest BCUT2D eigenvalue weighted by Gasteiger charge is -2.09. The zero-order valence-electron chi connectivity index (χ0n) is 11.1. The van der Waals surface area contributed by atoms with Crippen LogP contribution < -0.4 is 5.32 Å². The minimum atomic E-state index is -0.553. The van der Waals surface area contributed by atoms with E-state index in [-0.39, 0.29) is 12.3 Å². The number of benzene rings is 2. The van der Waals surface area contributed by atoms with E-state index in [1.165, 1.54) is 0 Å². The van der Waals surface area contributed by atoms with Gasteiger partial charge in [0.05, 0.1) is 12.5 Å². The summed E-state index contributed by atoms with van der Waals surface area (Å²) in [6.45, 7) is 1.69. The molecule has 1 atom stereocenters. The van der Waals surface area contributed by atoms with Crippen molar-refractivity contribution >= 4 is 23.2 Å². The molecule has 0 heterocycles. The molecule has 0 saturated heterocycles. The average molecular weight is 290 g/mol. The van der Waals surface area contributed by atoms with E-state index in [1.807, 2.05) is 18.2 Å². The fraction of sp³-hybridized carbons (Fsp3) is 0.188. The molecule has 0 spiro atoms. The van der Waals surface area contributed by atoms with Gasteiger partial charge in [0, 0.05) is 10.7 Å². The maximum absolute atomic E-state index is 11.9. The van der Waals surface area contributed by atoms with E-state index >= 15 is 0 Å². The van der Waals surface area contributed by atoms with E-state index in [4.69, 9.17) is 11.6 Å². The highest BCUT2D eigenvalue weighted by Gasteiger charge is 2.06. The van der Waals surface area contributed by atoms with Crippen LogP contribution >= 0.6 is 11.6 Å². The molecule has 1 amide bonds. The summed E-state index contributed by atoms with van der Waals surface area (Å²) in [6.07, 6.45) is -0.265. The SMILES string of the molecule is CC(O)c1cccc(NC(=O)Cc2ccc(Cl)cc2)c1. The summed E-state index contributed by atoms with van der Waals surface area (Å²) in [6, 6.07) is 14.4. The number of amides is 1. The highest BCUT2D eigenvalue weighted by Crippen LogP contribution is 2.17. The van der Waals surface area contributed by atoms with Crippen LogP contribution in [0.5, 0.6) is 0 Å². The second-order valence-electron chi connectivity index (χ2n) is 4.65. The van der Waals surface area contributed by atoms with Crippen LogP contribution in [0.4, 0.5) is 5.69 Å². The molecular weight excluding hydrogens is 274 g/mol. The number of anilines is 1. The van der Waals surface area contributed by atoms with Crippen LogP contribution in [-0.4, -0.2) is 11.0 Å². The van der Waals surface area contributed by atoms with E-state index in [0.29, 0.717) is 10.7 Å². The van der Waals surface area contributed by atoms with Gasteiger partial charge in [0.1, 0.15) is 0 Å². The number of hydrogen-bond acceptors (Lipinski definition) is 2. The van der Waals surface area contributed by atoms with Crippen molar-refractivity contribution in [1.82, 2.24) is 0 Å². The van der Waals surface area contributed by atoms with Crippen LogP contribution in [0.2, 0.25) is 5.02 Å². The molecule has 0 aliphatic carbocycles. The van der Waals surface area contributed by atoms with Crippen LogP contribution in [0.3, 0.4) is 0 Å². The number of rotatable bonds is 4. The molecule has 0 fully saturated rings. The molecule has 2 rings (SSSR count). The summed E-state index contributed by atoms with van der Waals surface area (Å²) in [7, 11) is 0. The van der Waals surface area contributed by atoms with E-state index < -0.39 is 6.10 Å². The molecule has 20 heavy (non-hydrogen) atoms. The summed E-state index contributed by atoms with van der Waals surface area (Å²) < 4.78 is 0. The number of carbonyl (C=O) groups is 1. The lowest BCUT2D eigenvalue weighted by molar-refractivity contribution is -0.115. The van der Waals surface area contributed by atoms with Gasteiger partial charge in [-0.25, -0.2) is 0 Å². The van der Waals surface area contributed by atoms with Crippen molar-refractivity contribution in [2.24, 2.45) is 0 Å². The molecule has 2 aromatic carbocycles. The number of nitrogens with one attached hydrogen (secondary N) is 1. The minimum Gasteiger partial charge on any atom is -0.389 e. The predicted octanol–water partition coefficient (Wildman–Crippen LogP) is 3.57. The van der Waals surface area contributed by atoms with E-state index in [0.717, 1.165) is 11.1 Å². The van der Waals surface area contributed by atoms with Gasteiger partial charge in [-0.3, -0.25) is 4.79 Å². The Kier molecular flexibility index (Phi) is 4.77. The molecule has 104 valence electrons. The van der Waals surface area contributed by atoms with Crippen molar-refractivity contribution in [1.29, 1.82) is 0 Å². The summed E-state index contributed by atoms with van der Waals surface area (Å²) in [4.78, 5) is 11.9. The van der Waals surface area contributed by atoms with Gasteiger partial charge in [0.15, 0.2) is 0 Å². The minimum absolute atomic E-state index is 0.102. The molecule has 0 aliphatic heterocycles. The third-order valence-corrected chi connectivity index (χ3v) is 3.18. The van der Waals surface area contributed by atoms with Gasteiger partial charge in [0.2, 0.25) is 5.91 Å². The van der Waals surface area contributed by atoms with Crippen LogP contribution in [0.15, 0.2) is 48.5 Å². The van der Waals surface area contributed by atoms with Crippen molar-refractivity contribution in [3.8, 4) is 0 Å². The fourth-order valence-electron chi connectivity index (χ4n) is 1.87. The standard InChI is InChI=1S/C16H16ClNO2/c1-11(19)13-3-2-4-15(10-13)18-16(20)9-12-5-7-14(17)8-6-12/h2-8,10-11,19H,9H2,1H3,(H,18,20). The number of carbonyl (C=O) groups excluding carboxylic acids is 1. The van der Waals surface area contributed by atoms with Gasteiger partial charge in [-0.2, -0.15) is 0 Å². The Hall–Kier alpha value is -1.84. The zero-order valence-corrected chi connectivity index (χ0v) is 11.9. The zero-order chi connectivity index (χ0) is 14.5. The smallest absolute Gasteiger partial charge is 0.228 e. The van der Waals surface area contributed by atoms with Gasteiger partial charge in [0.25, 0.3) is 0 Å². The highest BCUT2D eigenvalue weighted by molar-refractivity contribution is 6.30. The van der Waals surface area contributed by atoms with Crippen LogP contribution in [0, 0.1) is 0 Å². The van der Waals surface area contributed by atoms with Gasteiger partial charge < -0.3 is 10.4 Å². The number of hydrogen-bond donors (Lipinski definition) is 2. The number of aliphatic hydroxyl groups is 1. The molecule has 0 aliphatic rings. The molecule has 0 bridgehead atoms. The Bertz CT molecular complexity index is 594. The van der Waals surface area contributed by atoms with E-state index in [2.05, 4.69) is 5.32 Å². The average Bonchev–Trinajstić information content (AvgIpc) is 2.41. The third-order valence-electron chi connectivity index (χ3n) is 2.93.